The summed E-state index contributed by atoms with van der Waals surface area (Å²) in [6.45, 7) is 0.546. The predicted molar refractivity (Wildman–Crippen MR) is 69.7 cm³/mol. The SMILES string of the molecule is O=C(/C=C/c1ccsc1)NCCC(O)C1CC1. The number of carbonyl (C=O) groups excluding carboxylic acids is 1. The summed E-state index contributed by atoms with van der Waals surface area (Å²) in [4.78, 5) is 11.4. The van der Waals surface area contributed by atoms with Gasteiger partial charge in [0.05, 0.1) is 6.10 Å². The lowest BCUT2D eigenvalue weighted by Gasteiger charge is -2.08. The molecule has 0 aliphatic heterocycles. The molecule has 1 unspecified atom stereocenters. The lowest BCUT2D eigenvalue weighted by atomic mass is 10.1. The Morgan fingerprint density at radius 1 is 1.65 bits per heavy atom. The number of amides is 1. The van der Waals surface area contributed by atoms with Gasteiger partial charge in [-0.2, -0.15) is 11.3 Å². The molecule has 1 aliphatic carbocycles. The molecule has 4 heteroatoms. The number of hydrogen-bond acceptors (Lipinski definition) is 3. The molecule has 1 aromatic heterocycles. The van der Waals surface area contributed by atoms with E-state index >= 15 is 0 Å². The summed E-state index contributed by atoms with van der Waals surface area (Å²) in [7, 11) is 0. The maximum absolute atomic E-state index is 11.4. The molecule has 0 radical (unpaired) electrons. The first kappa shape index (κ1) is 12.3. The number of carbonyl (C=O) groups is 1. The van der Waals surface area contributed by atoms with Crippen LogP contribution >= 0.6 is 11.3 Å². The van der Waals surface area contributed by atoms with Gasteiger partial charge in [-0.3, -0.25) is 4.79 Å². The number of thiophene rings is 1. The summed E-state index contributed by atoms with van der Waals surface area (Å²) in [5.74, 6) is 0.382. The lowest BCUT2D eigenvalue weighted by molar-refractivity contribution is -0.116. The van der Waals surface area contributed by atoms with Crippen molar-refractivity contribution in [3.8, 4) is 0 Å². The van der Waals surface area contributed by atoms with Gasteiger partial charge in [-0.15, -0.1) is 0 Å². The van der Waals surface area contributed by atoms with Gasteiger partial charge in [-0.05, 0) is 53.6 Å². The van der Waals surface area contributed by atoms with E-state index in [1.807, 2.05) is 16.8 Å². The first-order valence-electron chi connectivity index (χ1n) is 5.92. The fraction of sp³-hybridized carbons (Fsp3) is 0.462. The van der Waals surface area contributed by atoms with Gasteiger partial charge in [-0.25, -0.2) is 0 Å². The van der Waals surface area contributed by atoms with Crippen molar-refractivity contribution >= 4 is 23.3 Å². The fourth-order valence-electron chi connectivity index (χ4n) is 1.66. The molecular weight excluding hydrogens is 234 g/mol. The Balaban J connectivity index is 1.63. The van der Waals surface area contributed by atoms with Crippen molar-refractivity contribution in [2.24, 2.45) is 5.92 Å². The summed E-state index contributed by atoms with van der Waals surface area (Å²) >= 11 is 1.61. The Morgan fingerprint density at radius 3 is 3.12 bits per heavy atom. The van der Waals surface area contributed by atoms with Gasteiger partial charge >= 0.3 is 0 Å². The number of nitrogens with one attached hydrogen (secondary N) is 1. The molecule has 2 N–H and O–H groups in total. The van der Waals surface area contributed by atoms with Gasteiger partial charge in [-0.1, -0.05) is 0 Å². The first-order valence-corrected chi connectivity index (χ1v) is 6.86. The second-order valence-electron chi connectivity index (χ2n) is 4.37. The summed E-state index contributed by atoms with van der Waals surface area (Å²) in [6.07, 6.45) is 6.01. The Labute approximate surface area is 105 Å². The van der Waals surface area contributed by atoms with Gasteiger partial charge in [0.1, 0.15) is 0 Å². The highest BCUT2D eigenvalue weighted by Gasteiger charge is 2.28. The van der Waals surface area contributed by atoms with Gasteiger partial charge in [0.2, 0.25) is 5.91 Å². The molecule has 1 aromatic rings. The molecule has 0 saturated heterocycles. The summed E-state index contributed by atoms with van der Waals surface area (Å²) in [5.41, 5.74) is 1.04. The summed E-state index contributed by atoms with van der Waals surface area (Å²) in [5, 5.41) is 16.4. The van der Waals surface area contributed by atoms with Crippen molar-refractivity contribution in [2.45, 2.75) is 25.4 Å². The van der Waals surface area contributed by atoms with E-state index in [0.717, 1.165) is 18.4 Å². The Hall–Kier alpha value is -1.13. The number of aliphatic hydroxyl groups is 1. The van der Waals surface area contributed by atoms with Crippen molar-refractivity contribution < 1.29 is 9.90 Å². The van der Waals surface area contributed by atoms with Crippen molar-refractivity contribution in [3.63, 3.8) is 0 Å². The average Bonchev–Trinajstić information content (AvgIpc) is 3.04. The first-order chi connectivity index (χ1) is 8.25. The zero-order valence-corrected chi connectivity index (χ0v) is 10.5. The van der Waals surface area contributed by atoms with Gasteiger partial charge in [0.25, 0.3) is 0 Å². The number of aliphatic hydroxyl groups excluding tert-OH is 1. The van der Waals surface area contributed by atoms with Crippen LogP contribution in [0.25, 0.3) is 6.08 Å². The minimum absolute atomic E-state index is 0.0980. The van der Waals surface area contributed by atoms with E-state index in [4.69, 9.17) is 0 Å². The van der Waals surface area contributed by atoms with Crippen LogP contribution in [0.5, 0.6) is 0 Å². The molecule has 2 rings (SSSR count). The highest BCUT2D eigenvalue weighted by atomic mass is 32.1. The van der Waals surface area contributed by atoms with Crippen molar-refractivity contribution in [2.75, 3.05) is 6.54 Å². The standard InChI is InChI=1S/C13H17NO2S/c15-12(11-2-3-11)5-7-14-13(16)4-1-10-6-8-17-9-10/h1,4,6,8-9,11-12,15H,2-3,5,7H2,(H,14,16)/b4-1+. The van der Waals surface area contributed by atoms with E-state index in [-0.39, 0.29) is 12.0 Å². The monoisotopic (exact) mass is 251 g/mol. The Kier molecular flexibility index (Phi) is 4.34. The zero-order valence-electron chi connectivity index (χ0n) is 9.63. The second-order valence-corrected chi connectivity index (χ2v) is 5.15. The molecule has 92 valence electrons. The van der Waals surface area contributed by atoms with E-state index in [1.54, 1.807) is 17.4 Å². The topological polar surface area (TPSA) is 49.3 Å². The zero-order chi connectivity index (χ0) is 12.1. The largest absolute Gasteiger partial charge is 0.393 e. The molecule has 0 bridgehead atoms. The molecule has 1 heterocycles. The van der Waals surface area contributed by atoms with Crippen LogP contribution in [0.2, 0.25) is 0 Å². The van der Waals surface area contributed by atoms with E-state index in [1.165, 1.54) is 6.08 Å². The maximum atomic E-state index is 11.4. The third-order valence-corrected chi connectivity index (χ3v) is 3.58. The van der Waals surface area contributed by atoms with Crippen LogP contribution in [-0.4, -0.2) is 23.7 Å². The van der Waals surface area contributed by atoms with Crippen molar-refractivity contribution in [3.05, 3.63) is 28.5 Å². The lowest BCUT2D eigenvalue weighted by Crippen LogP contribution is -2.26. The van der Waals surface area contributed by atoms with Crippen LogP contribution in [0.4, 0.5) is 0 Å². The van der Waals surface area contributed by atoms with E-state index in [0.29, 0.717) is 18.9 Å². The van der Waals surface area contributed by atoms with E-state index in [2.05, 4.69) is 5.32 Å². The quantitative estimate of drug-likeness (QED) is 0.760. The number of rotatable bonds is 6. The minimum atomic E-state index is -0.240. The van der Waals surface area contributed by atoms with Crippen LogP contribution in [0.1, 0.15) is 24.8 Å². The van der Waals surface area contributed by atoms with Crippen LogP contribution < -0.4 is 5.32 Å². The van der Waals surface area contributed by atoms with Crippen molar-refractivity contribution in [1.29, 1.82) is 0 Å². The molecule has 1 aliphatic rings. The third-order valence-electron chi connectivity index (χ3n) is 2.88. The van der Waals surface area contributed by atoms with Gasteiger partial charge in [0, 0.05) is 12.6 Å². The fourth-order valence-corrected chi connectivity index (χ4v) is 2.29. The minimum Gasteiger partial charge on any atom is -0.393 e. The normalized spacial score (nSPS) is 17.2. The average molecular weight is 251 g/mol. The smallest absolute Gasteiger partial charge is 0.244 e. The molecule has 17 heavy (non-hydrogen) atoms. The van der Waals surface area contributed by atoms with E-state index < -0.39 is 0 Å². The Bertz CT molecular complexity index is 382. The molecule has 0 spiro atoms. The van der Waals surface area contributed by atoms with Gasteiger partial charge < -0.3 is 10.4 Å². The molecule has 1 amide bonds. The summed E-state index contributed by atoms with van der Waals surface area (Å²) in [6, 6.07) is 1.96. The second kappa shape index (κ2) is 5.98. The van der Waals surface area contributed by atoms with Crippen LogP contribution in [0.3, 0.4) is 0 Å². The maximum Gasteiger partial charge on any atom is 0.244 e. The van der Waals surface area contributed by atoms with Crippen LogP contribution in [0, 0.1) is 5.92 Å². The molecule has 3 nitrogen and oxygen atoms in total. The molecule has 1 saturated carbocycles. The number of hydrogen-bond donors (Lipinski definition) is 2. The molecular formula is C13H17NO2S. The van der Waals surface area contributed by atoms with Crippen LogP contribution in [0.15, 0.2) is 22.9 Å². The summed E-state index contributed by atoms with van der Waals surface area (Å²) < 4.78 is 0. The molecule has 0 aromatic carbocycles. The molecule has 1 atom stereocenters. The Morgan fingerprint density at radius 2 is 2.47 bits per heavy atom. The highest BCUT2D eigenvalue weighted by molar-refractivity contribution is 7.08. The van der Waals surface area contributed by atoms with Crippen LogP contribution in [-0.2, 0) is 4.79 Å². The third kappa shape index (κ3) is 4.32. The molecule has 1 fully saturated rings. The van der Waals surface area contributed by atoms with Gasteiger partial charge in [0.15, 0.2) is 0 Å². The predicted octanol–water partition coefficient (Wildman–Crippen LogP) is 2.04. The van der Waals surface area contributed by atoms with E-state index in [9.17, 15) is 9.90 Å². The van der Waals surface area contributed by atoms with Crippen molar-refractivity contribution in [1.82, 2.24) is 5.32 Å². The highest BCUT2D eigenvalue weighted by Crippen LogP contribution is 2.33.